The van der Waals surface area contributed by atoms with E-state index in [-0.39, 0.29) is 18.0 Å². The maximum atomic E-state index is 14.7. The molecule has 5 rings (SSSR count). The number of carbonyl (C=O) groups is 1. The average Bonchev–Trinajstić information content (AvgIpc) is 3.25. The van der Waals surface area contributed by atoms with Gasteiger partial charge < -0.3 is 9.88 Å². The average molecular weight is 489 g/mol. The van der Waals surface area contributed by atoms with Crippen LogP contribution in [0.15, 0.2) is 24.3 Å². The summed E-state index contributed by atoms with van der Waals surface area (Å²) in [6, 6.07) is 6.55. The molecule has 1 aliphatic heterocycles. The van der Waals surface area contributed by atoms with Crippen LogP contribution in [0.1, 0.15) is 53.4 Å². The summed E-state index contributed by atoms with van der Waals surface area (Å²) < 4.78 is 18.4. The number of benzene rings is 1. The predicted octanol–water partition coefficient (Wildman–Crippen LogP) is 4.20. The zero-order valence-electron chi connectivity index (χ0n) is 21.0. The van der Waals surface area contributed by atoms with E-state index in [1.54, 1.807) is 16.8 Å². The second-order valence-electron chi connectivity index (χ2n) is 9.33. The zero-order chi connectivity index (χ0) is 25.4. The van der Waals surface area contributed by atoms with E-state index >= 15 is 0 Å². The Morgan fingerprint density at radius 2 is 1.81 bits per heavy atom. The van der Waals surface area contributed by atoms with E-state index in [9.17, 15) is 9.18 Å². The summed E-state index contributed by atoms with van der Waals surface area (Å²) in [5.74, 6) is 1.27. The van der Waals surface area contributed by atoms with Crippen LogP contribution in [0.2, 0.25) is 0 Å². The topological polar surface area (TPSA) is 103 Å². The molecule has 0 saturated carbocycles. The molecule has 10 heteroatoms. The highest BCUT2D eigenvalue weighted by atomic mass is 19.1. The van der Waals surface area contributed by atoms with Crippen LogP contribution >= 0.6 is 0 Å². The van der Waals surface area contributed by atoms with Crippen LogP contribution < -0.4 is 5.32 Å². The molecule has 1 amide bonds. The number of amides is 1. The fraction of sp³-hybridized carbons (Fsp3) is 0.385. The van der Waals surface area contributed by atoms with Gasteiger partial charge in [0.1, 0.15) is 11.6 Å². The van der Waals surface area contributed by atoms with Crippen molar-refractivity contribution in [2.45, 2.75) is 66.3 Å². The number of nitrogens with zero attached hydrogens (tertiary/aromatic N) is 7. The maximum absolute atomic E-state index is 14.7. The van der Waals surface area contributed by atoms with Crippen LogP contribution in [0.4, 0.5) is 10.1 Å². The molecule has 36 heavy (non-hydrogen) atoms. The minimum absolute atomic E-state index is 0.0481. The highest BCUT2D eigenvalue weighted by Crippen LogP contribution is 2.27. The quantitative estimate of drug-likeness (QED) is 0.452. The summed E-state index contributed by atoms with van der Waals surface area (Å²) in [4.78, 5) is 21.9. The monoisotopic (exact) mass is 488 g/mol. The fourth-order valence-corrected chi connectivity index (χ4v) is 4.74. The molecule has 1 aromatic carbocycles. The highest BCUT2D eigenvalue weighted by Gasteiger charge is 2.20. The van der Waals surface area contributed by atoms with E-state index in [2.05, 4.69) is 35.1 Å². The summed E-state index contributed by atoms with van der Waals surface area (Å²) in [6.07, 6.45) is 4.23. The van der Waals surface area contributed by atoms with Crippen molar-refractivity contribution in [2.24, 2.45) is 0 Å². The van der Waals surface area contributed by atoms with Crippen LogP contribution in [-0.2, 0) is 24.2 Å². The number of nitrogens with one attached hydrogen (secondary N) is 1. The number of hydrogen-bond donors (Lipinski definition) is 1. The van der Waals surface area contributed by atoms with E-state index in [0.717, 1.165) is 66.3 Å². The summed E-state index contributed by atoms with van der Waals surface area (Å²) in [5.41, 5.74) is 4.74. The van der Waals surface area contributed by atoms with Crippen molar-refractivity contribution in [2.75, 3.05) is 5.32 Å². The molecule has 186 valence electrons. The zero-order valence-corrected chi connectivity index (χ0v) is 21.0. The summed E-state index contributed by atoms with van der Waals surface area (Å²) in [5, 5.41) is 16.0. The molecule has 0 aliphatic carbocycles. The summed E-state index contributed by atoms with van der Waals surface area (Å²) >= 11 is 0. The molecule has 0 spiro atoms. The Labute approximate surface area is 208 Å². The smallest absolute Gasteiger partial charge is 0.251 e. The minimum Gasteiger partial charge on any atom is -0.323 e. The SMILES string of the molecule is Cc1cc(C)nc(-n2nc(C)c(CC(=O)Nc3cc(-c4nnc5n4CCCCC5)ccc3F)c2C)n1. The first-order valence-electron chi connectivity index (χ1n) is 12.2. The van der Waals surface area contributed by atoms with Gasteiger partial charge in [-0.2, -0.15) is 5.10 Å². The molecule has 0 saturated heterocycles. The van der Waals surface area contributed by atoms with Gasteiger partial charge >= 0.3 is 0 Å². The van der Waals surface area contributed by atoms with Gasteiger partial charge in [0.2, 0.25) is 5.91 Å². The third kappa shape index (κ3) is 4.62. The number of rotatable bonds is 5. The third-order valence-electron chi connectivity index (χ3n) is 6.55. The Morgan fingerprint density at radius 1 is 1.03 bits per heavy atom. The summed E-state index contributed by atoms with van der Waals surface area (Å²) in [7, 11) is 0. The fourth-order valence-electron chi connectivity index (χ4n) is 4.74. The predicted molar refractivity (Wildman–Crippen MR) is 133 cm³/mol. The van der Waals surface area contributed by atoms with Gasteiger partial charge in [0, 0.05) is 41.2 Å². The highest BCUT2D eigenvalue weighted by molar-refractivity contribution is 5.93. The number of anilines is 1. The third-order valence-corrected chi connectivity index (χ3v) is 6.55. The van der Waals surface area contributed by atoms with Crippen LogP contribution in [0, 0.1) is 33.5 Å². The number of carbonyl (C=O) groups excluding carboxylic acids is 1. The van der Waals surface area contributed by atoms with Gasteiger partial charge in [0.25, 0.3) is 5.95 Å². The van der Waals surface area contributed by atoms with Gasteiger partial charge in [-0.05, 0) is 64.8 Å². The number of fused-ring (bicyclic) bond motifs is 1. The van der Waals surface area contributed by atoms with Crippen molar-refractivity contribution in [1.82, 2.24) is 34.5 Å². The normalized spacial score (nSPS) is 13.4. The lowest BCUT2D eigenvalue weighted by atomic mass is 10.1. The van der Waals surface area contributed by atoms with E-state index in [4.69, 9.17) is 0 Å². The molecule has 0 unspecified atom stereocenters. The summed E-state index contributed by atoms with van der Waals surface area (Å²) in [6.45, 7) is 8.36. The molecule has 0 fully saturated rings. The standard InChI is InChI=1S/C26H29FN8O/c1-15-12-16(2)29-26(28-15)35-18(4)20(17(3)33-35)14-24(36)30-22-13-19(9-10-21(22)27)25-32-31-23-8-6-5-7-11-34(23)25/h9-10,12-13H,5-8,11,14H2,1-4H3,(H,30,36). The van der Waals surface area contributed by atoms with Gasteiger partial charge in [0.05, 0.1) is 17.8 Å². The molecule has 1 aliphatic rings. The molecule has 1 N–H and O–H groups in total. The van der Waals surface area contributed by atoms with Crippen molar-refractivity contribution in [3.05, 3.63) is 64.2 Å². The Morgan fingerprint density at radius 3 is 2.58 bits per heavy atom. The second-order valence-corrected chi connectivity index (χ2v) is 9.33. The van der Waals surface area contributed by atoms with Crippen molar-refractivity contribution in [3.8, 4) is 17.3 Å². The lowest BCUT2D eigenvalue weighted by Gasteiger charge is -2.11. The Hall–Kier alpha value is -3.95. The van der Waals surface area contributed by atoms with Gasteiger partial charge in [-0.3, -0.25) is 4.79 Å². The molecule has 4 heterocycles. The lowest BCUT2D eigenvalue weighted by molar-refractivity contribution is -0.115. The number of hydrogen-bond acceptors (Lipinski definition) is 6. The minimum atomic E-state index is -0.504. The second kappa shape index (κ2) is 9.60. The van der Waals surface area contributed by atoms with Crippen molar-refractivity contribution < 1.29 is 9.18 Å². The van der Waals surface area contributed by atoms with E-state index < -0.39 is 5.82 Å². The number of aryl methyl sites for hydroxylation is 4. The van der Waals surface area contributed by atoms with E-state index in [1.807, 2.05) is 33.8 Å². The van der Waals surface area contributed by atoms with Crippen LogP contribution in [0.3, 0.4) is 0 Å². The molecule has 9 nitrogen and oxygen atoms in total. The van der Waals surface area contributed by atoms with Crippen LogP contribution in [0.25, 0.3) is 17.3 Å². The molecule has 0 atom stereocenters. The van der Waals surface area contributed by atoms with Crippen molar-refractivity contribution >= 4 is 11.6 Å². The van der Waals surface area contributed by atoms with Gasteiger partial charge in [-0.15, -0.1) is 10.2 Å². The number of halogens is 1. The molecule has 4 aromatic rings. The maximum Gasteiger partial charge on any atom is 0.251 e. The van der Waals surface area contributed by atoms with Gasteiger partial charge in [-0.25, -0.2) is 19.0 Å². The molecular weight excluding hydrogens is 459 g/mol. The van der Waals surface area contributed by atoms with Crippen molar-refractivity contribution in [3.63, 3.8) is 0 Å². The first-order valence-corrected chi connectivity index (χ1v) is 12.2. The van der Waals surface area contributed by atoms with E-state index in [1.165, 1.54) is 6.07 Å². The van der Waals surface area contributed by atoms with Gasteiger partial charge in [-0.1, -0.05) is 6.42 Å². The Kier molecular flexibility index (Phi) is 6.34. The van der Waals surface area contributed by atoms with Crippen LogP contribution in [-0.4, -0.2) is 40.4 Å². The molecule has 3 aromatic heterocycles. The Bertz CT molecular complexity index is 1430. The molecular formula is C26H29FN8O. The molecule has 0 bridgehead atoms. The van der Waals surface area contributed by atoms with Crippen molar-refractivity contribution in [1.29, 1.82) is 0 Å². The first kappa shape index (κ1) is 23.8. The lowest BCUT2D eigenvalue weighted by Crippen LogP contribution is -2.16. The first-order chi connectivity index (χ1) is 17.3. The van der Waals surface area contributed by atoms with E-state index in [0.29, 0.717) is 17.5 Å². The number of aromatic nitrogens is 7. The van der Waals surface area contributed by atoms with Gasteiger partial charge in [0.15, 0.2) is 5.82 Å². The largest absolute Gasteiger partial charge is 0.323 e. The molecule has 0 radical (unpaired) electrons. The Balaban J connectivity index is 1.38. The van der Waals surface area contributed by atoms with Crippen LogP contribution in [0.5, 0.6) is 0 Å².